The molecule has 0 spiro atoms. The topological polar surface area (TPSA) is 66.4 Å². The number of hydrogen-bond donors (Lipinski definition) is 1. The third-order valence-electron chi connectivity index (χ3n) is 5.52. The molecule has 0 aromatic heterocycles. The molecule has 2 aliphatic rings. The highest BCUT2D eigenvalue weighted by Gasteiger charge is 2.48. The second kappa shape index (κ2) is 7.29. The van der Waals surface area contributed by atoms with Gasteiger partial charge in [-0.15, -0.1) is 0 Å². The van der Waals surface area contributed by atoms with Crippen LogP contribution in [0.2, 0.25) is 0 Å². The molecule has 0 saturated carbocycles. The molecule has 27 heavy (non-hydrogen) atoms. The summed E-state index contributed by atoms with van der Waals surface area (Å²) in [6, 6.07) is 11.0. The van der Waals surface area contributed by atoms with Crippen LogP contribution in [0.15, 0.2) is 36.4 Å². The van der Waals surface area contributed by atoms with Crippen LogP contribution in [0.1, 0.15) is 23.3 Å². The van der Waals surface area contributed by atoms with Gasteiger partial charge in [0.1, 0.15) is 11.5 Å². The van der Waals surface area contributed by atoms with Crippen LogP contribution in [0, 0.1) is 11.8 Å². The van der Waals surface area contributed by atoms with E-state index in [0.29, 0.717) is 30.5 Å². The van der Waals surface area contributed by atoms with Gasteiger partial charge in [0.05, 0.1) is 46.8 Å². The highest BCUT2D eigenvalue weighted by atomic mass is 16.5. The van der Waals surface area contributed by atoms with Crippen molar-refractivity contribution in [2.45, 2.75) is 12.2 Å². The summed E-state index contributed by atoms with van der Waals surface area (Å²) in [5.74, 6) is 2.67. The summed E-state index contributed by atoms with van der Waals surface area (Å²) in [4.78, 5) is 0. The van der Waals surface area contributed by atoms with Crippen molar-refractivity contribution in [3.05, 3.63) is 47.5 Å². The molecule has 0 aliphatic carbocycles. The highest BCUT2D eigenvalue weighted by molar-refractivity contribution is 5.45. The van der Waals surface area contributed by atoms with Gasteiger partial charge in [-0.1, -0.05) is 6.07 Å². The first-order valence-electron chi connectivity index (χ1n) is 8.98. The lowest BCUT2D eigenvalue weighted by molar-refractivity contribution is 0.0185. The lowest BCUT2D eigenvalue weighted by atomic mass is 9.84. The summed E-state index contributed by atoms with van der Waals surface area (Å²) >= 11 is 0. The number of aromatic hydroxyl groups is 1. The Morgan fingerprint density at radius 3 is 2.15 bits per heavy atom. The largest absolute Gasteiger partial charge is 0.508 e. The Kier molecular flexibility index (Phi) is 4.85. The van der Waals surface area contributed by atoms with E-state index in [4.69, 9.17) is 23.7 Å². The van der Waals surface area contributed by atoms with E-state index in [-0.39, 0.29) is 29.8 Å². The van der Waals surface area contributed by atoms with Crippen molar-refractivity contribution in [1.82, 2.24) is 0 Å². The molecule has 2 aromatic rings. The van der Waals surface area contributed by atoms with Gasteiger partial charge in [-0.05, 0) is 29.8 Å². The van der Waals surface area contributed by atoms with Crippen LogP contribution in [-0.4, -0.2) is 39.6 Å². The van der Waals surface area contributed by atoms with E-state index in [2.05, 4.69) is 0 Å². The molecule has 1 N–H and O–H groups in total. The molecular formula is C21H24O6. The zero-order valence-corrected chi connectivity index (χ0v) is 15.7. The minimum Gasteiger partial charge on any atom is -0.508 e. The van der Waals surface area contributed by atoms with Crippen molar-refractivity contribution in [1.29, 1.82) is 0 Å². The first-order valence-corrected chi connectivity index (χ1v) is 8.98. The normalized spacial score (nSPS) is 26.6. The summed E-state index contributed by atoms with van der Waals surface area (Å²) < 4.78 is 28.5. The maximum Gasteiger partial charge on any atom is 0.161 e. The van der Waals surface area contributed by atoms with Gasteiger partial charge in [-0.3, -0.25) is 0 Å². The second-order valence-electron chi connectivity index (χ2n) is 6.88. The van der Waals surface area contributed by atoms with E-state index in [9.17, 15) is 5.11 Å². The third kappa shape index (κ3) is 3.09. The minimum absolute atomic E-state index is 0.0529. The maximum atomic E-state index is 9.71. The molecule has 0 amide bonds. The standard InChI is InChI=1S/C21H24O6/c1-23-17-7-4-12(8-19(17)25-3)20-15-10-27-21(16(15)11-26-20)14-6-5-13(22)9-18(14)24-2/h4-9,15-16,20-22H,10-11H2,1-3H3/t15-,16-,20-,21+/m1/s1. The van der Waals surface area contributed by atoms with Crippen LogP contribution in [0.5, 0.6) is 23.0 Å². The molecule has 2 saturated heterocycles. The van der Waals surface area contributed by atoms with E-state index in [1.807, 2.05) is 24.3 Å². The van der Waals surface area contributed by atoms with E-state index >= 15 is 0 Å². The van der Waals surface area contributed by atoms with Crippen molar-refractivity contribution in [3.63, 3.8) is 0 Å². The van der Waals surface area contributed by atoms with Crippen molar-refractivity contribution < 1.29 is 28.8 Å². The monoisotopic (exact) mass is 372 g/mol. The van der Waals surface area contributed by atoms with Gasteiger partial charge in [0.15, 0.2) is 11.5 Å². The predicted molar refractivity (Wildman–Crippen MR) is 98.6 cm³/mol. The molecule has 0 radical (unpaired) electrons. The predicted octanol–water partition coefficient (Wildman–Crippen LogP) is 3.49. The lowest BCUT2D eigenvalue weighted by Gasteiger charge is -2.19. The van der Waals surface area contributed by atoms with Gasteiger partial charge >= 0.3 is 0 Å². The molecule has 2 aliphatic heterocycles. The first-order chi connectivity index (χ1) is 13.2. The van der Waals surface area contributed by atoms with Gasteiger partial charge in [-0.2, -0.15) is 0 Å². The summed E-state index contributed by atoms with van der Waals surface area (Å²) in [5, 5.41) is 9.71. The molecule has 4 atom stereocenters. The van der Waals surface area contributed by atoms with Crippen LogP contribution in [0.25, 0.3) is 0 Å². The quantitative estimate of drug-likeness (QED) is 0.867. The van der Waals surface area contributed by atoms with E-state index in [1.165, 1.54) is 0 Å². The molecule has 4 rings (SSSR count). The fourth-order valence-corrected chi connectivity index (χ4v) is 4.18. The Hall–Kier alpha value is -2.44. The molecule has 144 valence electrons. The number of fused-ring (bicyclic) bond motifs is 1. The van der Waals surface area contributed by atoms with Gasteiger partial charge in [0.25, 0.3) is 0 Å². The number of phenols is 1. The summed E-state index contributed by atoms with van der Waals surface area (Å²) in [6.45, 7) is 1.22. The average molecular weight is 372 g/mol. The maximum absolute atomic E-state index is 9.71. The summed E-state index contributed by atoms with van der Waals surface area (Å²) in [5.41, 5.74) is 2.00. The zero-order valence-electron chi connectivity index (χ0n) is 15.7. The first kappa shape index (κ1) is 17.9. The number of hydrogen-bond acceptors (Lipinski definition) is 6. The molecule has 6 heteroatoms. The van der Waals surface area contributed by atoms with Crippen molar-refractivity contribution in [3.8, 4) is 23.0 Å². The molecule has 2 heterocycles. The SMILES string of the molecule is COc1ccc([C@H]2OC[C@@H]3[C@H]2CO[C@H]3c2ccc(O)cc2OC)cc1OC. The average Bonchev–Trinajstić information content (AvgIpc) is 3.29. The number of ether oxygens (including phenoxy) is 5. The van der Waals surface area contributed by atoms with Crippen molar-refractivity contribution >= 4 is 0 Å². The molecule has 0 unspecified atom stereocenters. The molecule has 0 bridgehead atoms. The number of phenolic OH excluding ortho intramolecular Hbond substituents is 1. The van der Waals surface area contributed by atoms with Gasteiger partial charge < -0.3 is 28.8 Å². The fraction of sp³-hybridized carbons (Fsp3) is 0.429. The zero-order chi connectivity index (χ0) is 19.0. The molecule has 6 nitrogen and oxygen atoms in total. The Morgan fingerprint density at radius 2 is 1.44 bits per heavy atom. The van der Waals surface area contributed by atoms with E-state index in [0.717, 1.165) is 11.1 Å². The van der Waals surface area contributed by atoms with E-state index in [1.54, 1.807) is 33.5 Å². The van der Waals surface area contributed by atoms with E-state index < -0.39 is 0 Å². The van der Waals surface area contributed by atoms with Crippen LogP contribution >= 0.6 is 0 Å². The van der Waals surface area contributed by atoms with Crippen LogP contribution in [0.4, 0.5) is 0 Å². The van der Waals surface area contributed by atoms with Crippen LogP contribution < -0.4 is 14.2 Å². The Balaban J connectivity index is 1.59. The second-order valence-corrected chi connectivity index (χ2v) is 6.88. The van der Waals surface area contributed by atoms with Gasteiger partial charge in [-0.25, -0.2) is 0 Å². The highest BCUT2D eigenvalue weighted by Crippen LogP contribution is 2.52. The Morgan fingerprint density at radius 1 is 0.778 bits per heavy atom. The summed E-state index contributed by atoms with van der Waals surface area (Å²) in [7, 11) is 4.86. The summed E-state index contributed by atoms with van der Waals surface area (Å²) in [6.07, 6.45) is -0.168. The molecule has 2 fully saturated rings. The number of rotatable bonds is 5. The fourth-order valence-electron chi connectivity index (χ4n) is 4.18. The minimum atomic E-state index is -0.115. The smallest absolute Gasteiger partial charge is 0.161 e. The lowest BCUT2D eigenvalue weighted by Crippen LogP contribution is -2.15. The van der Waals surface area contributed by atoms with Crippen LogP contribution in [0.3, 0.4) is 0 Å². The number of methoxy groups -OCH3 is 3. The Labute approximate surface area is 158 Å². The third-order valence-corrected chi connectivity index (χ3v) is 5.52. The van der Waals surface area contributed by atoms with Crippen LogP contribution in [-0.2, 0) is 9.47 Å². The van der Waals surface area contributed by atoms with Gasteiger partial charge in [0, 0.05) is 23.5 Å². The van der Waals surface area contributed by atoms with Crippen molar-refractivity contribution in [2.24, 2.45) is 11.8 Å². The Bertz CT molecular complexity index is 820. The van der Waals surface area contributed by atoms with Crippen molar-refractivity contribution in [2.75, 3.05) is 34.5 Å². The van der Waals surface area contributed by atoms with Gasteiger partial charge in [0.2, 0.25) is 0 Å². The number of benzene rings is 2. The molecular weight excluding hydrogens is 348 g/mol. The molecule has 2 aromatic carbocycles.